The number of para-hydroxylation sites is 1. The summed E-state index contributed by atoms with van der Waals surface area (Å²) in [5.74, 6) is -1.82. The summed E-state index contributed by atoms with van der Waals surface area (Å²) in [6, 6.07) is 9.35. The van der Waals surface area contributed by atoms with Crippen molar-refractivity contribution in [2.75, 3.05) is 24.9 Å². The molecular weight excluding hydrogens is 387 g/mol. The molecule has 1 amide bonds. The Morgan fingerprint density at radius 3 is 2.50 bits per heavy atom. The minimum Gasteiger partial charge on any atom is -0.465 e. The Bertz CT molecular complexity index is 992. The summed E-state index contributed by atoms with van der Waals surface area (Å²) in [5, 5.41) is 0. The van der Waals surface area contributed by atoms with Gasteiger partial charge in [-0.05, 0) is 43.7 Å². The van der Waals surface area contributed by atoms with E-state index < -0.39 is 27.7 Å². The summed E-state index contributed by atoms with van der Waals surface area (Å²) in [6.07, 6.45) is 0. The summed E-state index contributed by atoms with van der Waals surface area (Å²) >= 11 is 0. The van der Waals surface area contributed by atoms with Crippen LogP contribution in [0, 0.1) is 12.7 Å². The van der Waals surface area contributed by atoms with Gasteiger partial charge in [-0.1, -0.05) is 18.2 Å². The molecule has 0 aromatic heterocycles. The lowest BCUT2D eigenvalue weighted by molar-refractivity contribution is -0.143. The zero-order valence-corrected chi connectivity index (χ0v) is 16.5. The Morgan fingerprint density at radius 2 is 1.86 bits per heavy atom. The van der Waals surface area contributed by atoms with E-state index in [9.17, 15) is 22.4 Å². The first-order chi connectivity index (χ1) is 13.2. The SMILES string of the molecule is CCOC(=O)CN(C)C(=O)c1cc(S(=O)(=O)Nc2ccccc2F)ccc1C. The van der Waals surface area contributed by atoms with E-state index in [0.29, 0.717) is 5.56 Å². The first-order valence-electron chi connectivity index (χ1n) is 8.44. The maximum atomic E-state index is 13.8. The average Bonchev–Trinajstić information content (AvgIpc) is 2.63. The van der Waals surface area contributed by atoms with E-state index in [-0.39, 0.29) is 29.3 Å². The van der Waals surface area contributed by atoms with E-state index in [1.807, 2.05) is 0 Å². The number of carbonyl (C=O) groups is 2. The van der Waals surface area contributed by atoms with Crippen molar-refractivity contribution >= 4 is 27.6 Å². The van der Waals surface area contributed by atoms with Crippen LogP contribution >= 0.6 is 0 Å². The van der Waals surface area contributed by atoms with Gasteiger partial charge in [0.2, 0.25) is 0 Å². The predicted octanol–water partition coefficient (Wildman–Crippen LogP) is 2.57. The monoisotopic (exact) mass is 408 g/mol. The van der Waals surface area contributed by atoms with Crippen molar-refractivity contribution in [1.82, 2.24) is 4.90 Å². The summed E-state index contributed by atoms with van der Waals surface area (Å²) in [5.41, 5.74) is 0.448. The van der Waals surface area contributed by atoms with Crippen LogP contribution in [0.5, 0.6) is 0 Å². The number of hydrogen-bond acceptors (Lipinski definition) is 5. The molecule has 2 aromatic rings. The second-order valence-electron chi connectivity index (χ2n) is 6.03. The minimum atomic E-state index is -4.12. The van der Waals surface area contributed by atoms with E-state index >= 15 is 0 Å². The number of ether oxygens (including phenoxy) is 1. The number of nitrogens with zero attached hydrogens (tertiary/aromatic N) is 1. The van der Waals surface area contributed by atoms with E-state index in [2.05, 4.69) is 4.72 Å². The van der Waals surface area contributed by atoms with Gasteiger partial charge < -0.3 is 9.64 Å². The summed E-state index contributed by atoms with van der Waals surface area (Å²) in [4.78, 5) is 25.2. The Morgan fingerprint density at radius 1 is 1.18 bits per heavy atom. The number of esters is 1. The van der Waals surface area contributed by atoms with Crippen LogP contribution in [-0.4, -0.2) is 45.4 Å². The molecule has 0 aliphatic heterocycles. The Balaban J connectivity index is 2.30. The Kier molecular flexibility index (Phi) is 6.74. The van der Waals surface area contributed by atoms with Crippen LogP contribution in [-0.2, 0) is 19.6 Å². The number of sulfonamides is 1. The van der Waals surface area contributed by atoms with E-state index in [1.165, 1.54) is 43.4 Å². The highest BCUT2D eigenvalue weighted by atomic mass is 32.2. The van der Waals surface area contributed by atoms with Gasteiger partial charge in [0, 0.05) is 12.6 Å². The first-order valence-corrected chi connectivity index (χ1v) is 9.93. The molecule has 0 fully saturated rings. The van der Waals surface area contributed by atoms with Gasteiger partial charge >= 0.3 is 5.97 Å². The fraction of sp³-hybridized carbons (Fsp3) is 0.263. The molecule has 150 valence electrons. The standard InChI is InChI=1S/C19H21FN2O5S/c1-4-27-18(23)12-22(3)19(24)15-11-14(10-9-13(15)2)28(25,26)21-17-8-6-5-7-16(17)20/h5-11,21H,4,12H2,1-3H3. The highest BCUT2D eigenvalue weighted by molar-refractivity contribution is 7.92. The van der Waals surface area contributed by atoms with Crippen LogP contribution in [0.4, 0.5) is 10.1 Å². The van der Waals surface area contributed by atoms with Gasteiger partial charge in [0.25, 0.3) is 15.9 Å². The molecule has 0 heterocycles. The number of carbonyl (C=O) groups excluding carboxylic acids is 2. The van der Waals surface area contributed by atoms with Gasteiger partial charge in [-0.2, -0.15) is 0 Å². The number of amides is 1. The number of aryl methyl sites for hydroxylation is 1. The lowest BCUT2D eigenvalue weighted by atomic mass is 10.1. The molecule has 7 nitrogen and oxygen atoms in total. The molecule has 9 heteroatoms. The van der Waals surface area contributed by atoms with E-state index in [1.54, 1.807) is 13.8 Å². The lowest BCUT2D eigenvalue weighted by Crippen LogP contribution is -2.33. The van der Waals surface area contributed by atoms with Crippen molar-refractivity contribution in [1.29, 1.82) is 0 Å². The molecule has 0 unspecified atom stereocenters. The molecule has 0 atom stereocenters. The van der Waals surface area contributed by atoms with E-state index in [4.69, 9.17) is 4.74 Å². The molecule has 0 aliphatic rings. The molecule has 2 rings (SSSR count). The third kappa shape index (κ3) is 5.07. The zero-order chi connectivity index (χ0) is 20.9. The molecule has 0 radical (unpaired) electrons. The quantitative estimate of drug-likeness (QED) is 0.711. The van der Waals surface area contributed by atoms with Crippen molar-refractivity contribution in [2.24, 2.45) is 0 Å². The Hall–Kier alpha value is -2.94. The predicted molar refractivity (Wildman–Crippen MR) is 102 cm³/mol. The highest BCUT2D eigenvalue weighted by Gasteiger charge is 2.22. The normalized spacial score (nSPS) is 11.0. The molecule has 0 saturated heterocycles. The molecule has 2 aromatic carbocycles. The Labute approximate surface area is 163 Å². The molecule has 0 saturated carbocycles. The van der Waals surface area contributed by atoms with Gasteiger partial charge in [0.15, 0.2) is 0 Å². The molecule has 0 bridgehead atoms. The van der Waals surface area contributed by atoms with Crippen LogP contribution in [0.2, 0.25) is 0 Å². The second kappa shape index (κ2) is 8.83. The maximum Gasteiger partial charge on any atom is 0.325 e. The highest BCUT2D eigenvalue weighted by Crippen LogP contribution is 2.21. The minimum absolute atomic E-state index is 0.114. The first kappa shape index (κ1) is 21.4. The number of anilines is 1. The average molecular weight is 408 g/mol. The summed E-state index contributed by atoms with van der Waals surface area (Å²) in [7, 11) is -2.70. The van der Waals surface area contributed by atoms with Crippen molar-refractivity contribution in [3.05, 3.63) is 59.4 Å². The molecule has 0 spiro atoms. The second-order valence-corrected chi connectivity index (χ2v) is 7.71. The maximum absolute atomic E-state index is 13.8. The van der Waals surface area contributed by atoms with Crippen molar-refractivity contribution in [2.45, 2.75) is 18.7 Å². The fourth-order valence-electron chi connectivity index (χ4n) is 2.42. The number of benzene rings is 2. The molecule has 28 heavy (non-hydrogen) atoms. The van der Waals surface area contributed by atoms with Gasteiger partial charge in [0.1, 0.15) is 12.4 Å². The van der Waals surface area contributed by atoms with Gasteiger partial charge in [0.05, 0.1) is 17.2 Å². The van der Waals surface area contributed by atoms with Crippen molar-refractivity contribution in [3.63, 3.8) is 0 Å². The number of rotatable bonds is 7. The van der Waals surface area contributed by atoms with Crippen LogP contribution < -0.4 is 4.72 Å². The topological polar surface area (TPSA) is 92.8 Å². The van der Waals surface area contributed by atoms with Gasteiger partial charge in [-0.15, -0.1) is 0 Å². The number of likely N-dealkylation sites (N-methyl/N-ethyl adjacent to an activating group) is 1. The van der Waals surface area contributed by atoms with Gasteiger partial charge in [-0.25, -0.2) is 12.8 Å². The lowest BCUT2D eigenvalue weighted by Gasteiger charge is -2.18. The molecule has 0 aliphatic carbocycles. The largest absolute Gasteiger partial charge is 0.465 e. The van der Waals surface area contributed by atoms with Crippen LogP contribution in [0.3, 0.4) is 0 Å². The fourth-order valence-corrected chi connectivity index (χ4v) is 3.52. The van der Waals surface area contributed by atoms with Crippen LogP contribution in [0.25, 0.3) is 0 Å². The third-order valence-corrected chi connectivity index (χ3v) is 5.25. The number of nitrogens with one attached hydrogen (secondary N) is 1. The van der Waals surface area contributed by atoms with Gasteiger partial charge in [-0.3, -0.25) is 14.3 Å². The zero-order valence-electron chi connectivity index (χ0n) is 15.7. The molecular formula is C19H21FN2O5S. The third-order valence-electron chi connectivity index (χ3n) is 3.89. The van der Waals surface area contributed by atoms with Crippen molar-refractivity contribution < 1.29 is 27.1 Å². The van der Waals surface area contributed by atoms with E-state index in [0.717, 1.165) is 11.0 Å². The summed E-state index contributed by atoms with van der Waals surface area (Å²) in [6.45, 7) is 3.22. The summed E-state index contributed by atoms with van der Waals surface area (Å²) < 4.78 is 45.9. The molecule has 1 N–H and O–H groups in total. The smallest absolute Gasteiger partial charge is 0.325 e. The van der Waals surface area contributed by atoms with Crippen molar-refractivity contribution in [3.8, 4) is 0 Å². The van der Waals surface area contributed by atoms with Crippen LogP contribution in [0.1, 0.15) is 22.8 Å². The number of halogens is 1. The number of hydrogen-bond donors (Lipinski definition) is 1. The van der Waals surface area contributed by atoms with Crippen LogP contribution in [0.15, 0.2) is 47.4 Å².